The van der Waals surface area contributed by atoms with Crippen molar-refractivity contribution in [3.8, 4) is 0 Å². The number of alkyl halides is 1. The number of hydrogen-bond donors (Lipinski definition) is 1. The molecule has 1 heterocycles. The van der Waals surface area contributed by atoms with Crippen molar-refractivity contribution in [2.24, 2.45) is 0 Å². The first-order chi connectivity index (χ1) is 5.33. The van der Waals surface area contributed by atoms with Crippen LogP contribution < -0.4 is 5.43 Å². The van der Waals surface area contributed by atoms with Crippen molar-refractivity contribution in [1.29, 1.82) is 0 Å². The van der Waals surface area contributed by atoms with Gasteiger partial charge in [0.25, 0.3) is 0 Å². The van der Waals surface area contributed by atoms with E-state index < -0.39 is 0 Å². The third-order valence-electron chi connectivity index (χ3n) is 1.93. The van der Waals surface area contributed by atoms with Gasteiger partial charge in [0.2, 0.25) is 0 Å². The van der Waals surface area contributed by atoms with Crippen molar-refractivity contribution in [1.82, 2.24) is 15.3 Å². The predicted molar refractivity (Wildman–Crippen MR) is 43.0 cm³/mol. The Labute approximate surface area is 67.1 Å². The van der Waals surface area contributed by atoms with Gasteiger partial charge < -0.3 is 4.90 Å². The highest BCUT2D eigenvalue weighted by Gasteiger charge is 2.11. The first-order valence-corrected chi connectivity index (χ1v) is 4.06. The highest BCUT2D eigenvalue weighted by atomic mass is 19.1. The van der Waals surface area contributed by atoms with Crippen LogP contribution in [0, 0.1) is 0 Å². The zero-order valence-corrected chi connectivity index (χ0v) is 7.02. The molecule has 0 atom stereocenters. The smallest absolute Gasteiger partial charge is 0.103 e. The maximum Gasteiger partial charge on any atom is 0.103 e. The van der Waals surface area contributed by atoms with Crippen LogP contribution in [0.5, 0.6) is 0 Å². The molecule has 0 spiro atoms. The van der Waals surface area contributed by atoms with Gasteiger partial charge in [0.15, 0.2) is 0 Å². The second-order valence-corrected chi connectivity index (χ2v) is 2.89. The van der Waals surface area contributed by atoms with Crippen molar-refractivity contribution < 1.29 is 4.39 Å². The molecule has 0 bridgehead atoms. The number of piperazine rings is 1. The molecule has 1 aliphatic rings. The van der Waals surface area contributed by atoms with E-state index in [1.54, 1.807) is 0 Å². The summed E-state index contributed by atoms with van der Waals surface area (Å²) in [6.07, 6.45) is 0. The lowest BCUT2D eigenvalue weighted by molar-refractivity contribution is 0.102. The molecule has 0 aromatic carbocycles. The highest BCUT2D eigenvalue weighted by Crippen LogP contribution is 1.94. The molecule has 0 unspecified atom stereocenters. The van der Waals surface area contributed by atoms with Gasteiger partial charge in [-0.1, -0.05) is 0 Å². The van der Waals surface area contributed by atoms with Crippen LogP contribution in [-0.2, 0) is 0 Å². The summed E-state index contributed by atoms with van der Waals surface area (Å²) in [7, 11) is 2.10. The average Bonchev–Trinajstić information content (AvgIpc) is 2.04. The summed E-state index contributed by atoms with van der Waals surface area (Å²) in [5.74, 6) is 0. The van der Waals surface area contributed by atoms with Gasteiger partial charge in [0, 0.05) is 32.7 Å². The Morgan fingerprint density at radius 3 is 2.45 bits per heavy atom. The molecule has 1 rings (SSSR count). The molecule has 1 fully saturated rings. The standard InChI is InChI=1S/C7H16FN3/c1-10-4-6-11(7-5-10)9-3-2-8/h9H,2-7H2,1H3. The molecule has 1 aliphatic heterocycles. The normalized spacial score (nSPS) is 22.4. The summed E-state index contributed by atoms with van der Waals surface area (Å²) in [5.41, 5.74) is 3.02. The van der Waals surface area contributed by atoms with E-state index in [0.29, 0.717) is 6.54 Å². The fourth-order valence-corrected chi connectivity index (χ4v) is 1.16. The topological polar surface area (TPSA) is 18.5 Å². The van der Waals surface area contributed by atoms with Gasteiger partial charge in [-0.25, -0.2) is 9.40 Å². The Balaban J connectivity index is 2.07. The Bertz CT molecular complexity index is 99.1. The Hall–Kier alpha value is -0.190. The number of likely N-dealkylation sites (N-methyl/N-ethyl adjacent to an activating group) is 1. The van der Waals surface area contributed by atoms with Crippen LogP contribution in [0.3, 0.4) is 0 Å². The molecule has 0 radical (unpaired) electrons. The Kier molecular flexibility index (Phi) is 3.76. The van der Waals surface area contributed by atoms with E-state index in [4.69, 9.17) is 0 Å². The van der Waals surface area contributed by atoms with Crippen LogP contribution in [0.15, 0.2) is 0 Å². The van der Waals surface area contributed by atoms with Crippen LogP contribution in [0.25, 0.3) is 0 Å². The second kappa shape index (κ2) is 4.64. The van der Waals surface area contributed by atoms with Gasteiger partial charge in [-0.05, 0) is 7.05 Å². The molecule has 4 heteroatoms. The van der Waals surface area contributed by atoms with Crippen LogP contribution in [0.4, 0.5) is 4.39 Å². The molecular formula is C7H16FN3. The van der Waals surface area contributed by atoms with Crippen LogP contribution in [0.1, 0.15) is 0 Å². The van der Waals surface area contributed by atoms with Crippen molar-refractivity contribution in [2.75, 3.05) is 46.4 Å². The monoisotopic (exact) mass is 161 g/mol. The van der Waals surface area contributed by atoms with E-state index >= 15 is 0 Å². The number of hydrogen-bond acceptors (Lipinski definition) is 3. The fraction of sp³-hybridized carbons (Fsp3) is 1.00. The van der Waals surface area contributed by atoms with E-state index in [0.717, 1.165) is 26.2 Å². The molecule has 0 saturated carbocycles. The summed E-state index contributed by atoms with van der Waals surface area (Å²) < 4.78 is 11.7. The van der Waals surface area contributed by atoms with E-state index in [1.165, 1.54) is 0 Å². The first-order valence-electron chi connectivity index (χ1n) is 4.06. The average molecular weight is 161 g/mol. The van der Waals surface area contributed by atoms with Crippen molar-refractivity contribution in [2.45, 2.75) is 0 Å². The molecule has 0 aromatic heterocycles. The largest absolute Gasteiger partial charge is 0.304 e. The van der Waals surface area contributed by atoms with E-state index in [1.807, 2.05) is 0 Å². The van der Waals surface area contributed by atoms with Gasteiger partial charge in [0.1, 0.15) is 6.67 Å². The minimum atomic E-state index is -0.285. The molecule has 0 amide bonds. The first kappa shape index (κ1) is 8.90. The third kappa shape index (κ3) is 3.14. The number of rotatable bonds is 3. The van der Waals surface area contributed by atoms with Gasteiger partial charge in [0.05, 0.1) is 0 Å². The molecule has 0 aliphatic carbocycles. The van der Waals surface area contributed by atoms with Crippen LogP contribution in [-0.4, -0.2) is 56.4 Å². The maximum atomic E-state index is 11.7. The zero-order valence-electron chi connectivity index (χ0n) is 7.02. The van der Waals surface area contributed by atoms with Gasteiger partial charge >= 0.3 is 0 Å². The predicted octanol–water partition coefficient (Wildman–Crippen LogP) is -0.292. The zero-order chi connectivity index (χ0) is 8.10. The summed E-state index contributed by atoms with van der Waals surface area (Å²) in [4.78, 5) is 2.27. The van der Waals surface area contributed by atoms with E-state index in [2.05, 4.69) is 22.4 Å². The Morgan fingerprint density at radius 1 is 1.27 bits per heavy atom. The molecule has 1 saturated heterocycles. The quantitative estimate of drug-likeness (QED) is 0.613. The number of nitrogens with zero attached hydrogens (tertiary/aromatic N) is 2. The molecule has 1 N–H and O–H groups in total. The molecule has 66 valence electrons. The van der Waals surface area contributed by atoms with Crippen molar-refractivity contribution in [3.63, 3.8) is 0 Å². The summed E-state index contributed by atoms with van der Waals surface area (Å²) >= 11 is 0. The number of hydrazine groups is 1. The lowest BCUT2D eigenvalue weighted by atomic mass is 10.4. The highest BCUT2D eigenvalue weighted by molar-refractivity contribution is 4.65. The minimum Gasteiger partial charge on any atom is -0.304 e. The van der Waals surface area contributed by atoms with Crippen molar-refractivity contribution in [3.05, 3.63) is 0 Å². The lowest BCUT2D eigenvalue weighted by Crippen LogP contribution is -2.51. The molecular weight excluding hydrogens is 145 g/mol. The number of nitrogens with one attached hydrogen (secondary N) is 1. The molecule has 11 heavy (non-hydrogen) atoms. The number of halogens is 1. The van der Waals surface area contributed by atoms with Gasteiger partial charge in [-0.3, -0.25) is 5.43 Å². The summed E-state index contributed by atoms with van der Waals surface area (Å²) in [6, 6.07) is 0. The lowest BCUT2D eigenvalue weighted by Gasteiger charge is -2.32. The Morgan fingerprint density at radius 2 is 1.91 bits per heavy atom. The minimum absolute atomic E-state index is 0.285. The second-order valence-electron chi connectivity index (χ2n) is 2.89. The molecule has 0 aromatic rings. The van der Waals surface area contributed by atoms with E-state index in [9.17, 15) is 4.39 Å². The van der Waals surface area contributed by atoms with Crippen LogP contribution in [0.2, 0.25) is 0 Å². The third-order valence-corrected chi connectivity index (χ3v) is 1.93. The van der Waals surface area contributed by atoms with Gasteiger partial charge in [-0.15, -0.1) is 0 Å². The summed E-state index contributed by atoms with van der Waals surface area (Å²) in [5, 5.41) is 2.08. The summed E-state index contributed by atoms with van der Waals surface area (Å²) in [6.45, 7) is 4.29. The maximum absolute atomic E-state index is 11.7. The van der Waals surface area contributed by atoms with E-state index in [-0.39, 0.29) is 6.67 Å². The molecule has 3 nitrogen and oxygen atoms in total. The SMILES string of the molecule is CN1CCN(NCCF)CC1. The fourth-order valence-electron chi connectivity index (χ4n) is 1.16. The van der Waals surface area contributed by atoms with Crippen molar-refractivity contribution >= 4 is 0 Å². The van der Waals surface area contributed by atoms with Gasteiger partial charge in [-0.2, -0.15) is 0 Å². The van der Waals surface area contributed by atoms with Crippen LogP contribution >= 0.6 is 0 Å².